The lowest BCUT2D eigenvalue weighted by Gasteiger charge is -2.31. The van der Waals surface area contributed by atoms with Gasteiger partial charge in [-0.3, -0.25) is 0 Å². The fourth-order valence-corrected chi connectivity index (χ4v) is 3.87. The van der Waals surface area contributed by atoms with Crippen LogP contribution in [0.1, 0.15) is 49.3 Å². The van der Waals surface area contributed by atoms with Crippen molar-refractivity contribution in [3.05, 3.63) is 30.1 Å². The molecule has 2 fully saturated rings. The Labute approximate surface area is 162 Å². The van der Waals surface area contributed by atoms with Crippen LogP contribution in [0.15, 0.2) is 22.7 Å². The van der Waals surface area contributed by atoms with E-state index >= 15 is 0 Å². The first-order valence-corrected chi connectivity index (χ1v) is 9.72. The summed E-state index contributed by atoms with van der Waals surface area (Å²) in [6.07, 6.45) is 6.02. The van der Waals surface area contributed by atoms with Crippen LogP contribution in [-0.2, 0) is 0 Å². The normalized spacial score (nSPS) is 17.9. The van der Waals surface area contributed by atoms with Gasteiger partial charge in [-0.15, -0.1) is 15.3 Å². The first-order valence-electron chi connectivity index (χ1n) is 9.72. The molecule has 28 heavy (non-hydrogen) atoms. The molecule has 1 aliphatic carbocycles. The predicted octanol–water partition coefficient (Wildman–Crippen LogP) is 3.29. The number of anilines is 1. The highest BCUT2D eigenvalue weighted by molar-refractivity contribution is 5.94. The summed E-state index contributed by atoms with van der Waals surface area (Å²) in [6, 6.07) is 3.92. The fourth-order valence-electron chi connectivity index (χ4n) is 3.87. The highest BCUT2D eigenvalue weighted by Crippen LogP contribution is 2.41. The van der Waals surface area contributed by atoms with Gasteiger partial charge >= 0.3 is 0 Å². The summed E-state index contributed by atoms with van der Waals surface area (Å²) in [6.45, 7) is 1.74. The molecule has 0 spiro atoms. The smallest absolute Gasteiger partial charge is 0.219 e. The second-order valence-electron chi connectivity index (χ2n) is 7.48. The van der Waals surface area contributed by atoms with Crippen LogP contribution in [0.5, 0.6) is 11.5 Å². The Kier molecular flexibility index (Phi) is 4.26. The Morgan fingerprint density at radius 1 is 0.893 bits per heavy atom. The van der Waals surface area contributed by atoms with Crippen molar-refractivity contribution in [2.75, 3.05) is 32.2 Å². The fraction of sp³-hybridized carbons (Fsp3) is 0.500. The van der Waals surface area contributed by atoms with Gasteiger partial charge in [-0.1, -0.05) is 0 Å². The Morgan fingerprint density at radius 3 is 2.18 bits per heavy atom. The Hall–Kier alpha value is -2.90. The minimum absolute atomic E-state index is 0.314. The highest BCUT2D eigenvalue weighted by Gasteiger charge is 2.32. The van der Waals surface area contributed by atoms with Crippen molar-refractivity contribution in [1.29, 1.82) is 0 Å². The molecule has 0 unspecified atom stereocenters. The van der Waals surface area contributed by atoms with E-state index in [9.17, 15) is 0 Å². The SMILES string of the molecule is COc1cc2cnnc(N3CCC(c4nnc(C5CC5)o4)CC3)c2cc1OC. The average Bonchev–Trinajstić information content (AvgIpc) is 3.49. The van der Waals surface area contributed by atoms with Crippen LogP contribution in [0.4, 0.5) is 5.82 Å². The third kappa shape index (κ3) is 3.02. The summed E-state index contributed by atoms with van der Waals surface area (Å²) in [5, 5.41) is 19.1. The van der Waals surface area contributed by atoms with Crippen LogP contribution in [-0.4, -0.2) is 47.7 Å². The highest BCUT2D eigenvalue weighted by atomic mass is 16.5. The Balaban J connectivity index is 1.37. The van der Waals surface area contributed by atoms with E-state index in [1.807, 2.05) is 12.1 Å². The van der Waals surface area contributed by atoms with Gasteiger partial charge < -0.3 is 18.8 Å². The van der Waals surface area contributed by atoms with Gasteiger partial charge in [0.2, 0.25) is 11.8 Å². The van der Waals surface area contributed by atoms with E-state index in [1.165, 1.54) is 12.8 Å². The van der Waals surface area contributed by atoms with Crippen molar-refractivity contribution in [3.8, 4) is 11.5 Å². The molecule has 1 saturated heterocycles. The van der Waals surface area contributed by atoms with Crippen LogP contribution in [0.25, 0.3) is 10.8 Å². The van der Waals surface area contributed by atoms with Gasteiger partial charge in [0.1, 0.15) is 0 Å². The topological polar surface area (TPSA) is 86.4 Å². The van der Waals surface area contributed by atoms with E-state index < -0.39 is 0 Å². The van der Waals surface area contributed by atoms with Crippen LogP contribution >= 0.6 is 0 Å². The van der Waals surface area contributed by atoms with Gasteiger partial charge in [0.15, 0.2) is 17.3 Å². The first kappa shape index (κ1) is 17.2. The molecule has 3 heterocycles. The zero-order chi connectivity index (χ0) is 19.1. The number of fused-ring (bicyclic) bond motifs is 1. The van der Waals surface area contributed by atoms with Crippen LogP contribution in [0.3, 0.4) is 0 Å². The Bertz CT molecular complexity index is 993. The van der Waals surface area contributed by atoms with Gasteiger partial charge in [-0.25, -0.2) is 0 Å². The van der Waals surface area contributed by atoms with E-state index in [0.29, 0.717) is 23.3 Å². The lowest BCUT2D eigenvalue weighted by Crippen LogP contribution is -2.33. The monoisotopic (exact) mass is 381 g/mol. The summed E-state index contributed by atoms with van der Waals surface area (Å²) in [5.41, 5.74) is 0. The van der Waals surface area contributed by atoms with Gasteiger partial charge in [0.05, 0.1) is 20.4 Å². The molecule has 0 amide bonds. The van der Waals surface area contributed by atoms with Gasteiger partial charge in [-0.05, 0) is 37.8 Å². The quantitative estimate of drug-likeness (QED) is 0.665. The van der Waals surface area contributed by atoms with Crippen LogP contribution < -0.4 is 14.4 Å². The van der Waals surface area contributed by atoms with Crippen molar-refractivity contribution >= 4 is 16.6 Å². The van der Waals surface area contributed by atoms with Crippen LogP contribution in [0.2, 0.25) is 0 Å². The molecular weight excluding hydrogens is 358 g/mol. The average molecular weight is 381 g/mol. The van der Waals surface area contributed by atoms with Gasteiger partial charge in [-0.2, -0.15) is 5.10 Å². The maximum absolute atomic E-state index is 5.91. The number of piperidine rings is 1. The molecule has 0 atom stereocenters. The van der Waals surface area contributed by atoms with Crippen LogP contribution in [0, 0.1) is 0 Å². The zero-order valence-corrected chi connectivity index (χ0v) is 16.1. The number of hydrogen-bond acceptors (Lipinski definition) is 8. The van der Waals surface area contributed by atoms with E-state index in [4.69, 9.17) is 13.9 Å². The summed E-state index contributed by atoms with van der Waals surface area (Å²) in [7, 11) is 3.28. The molecule has 0 N–H and O–H groups in total. The molecule has 2 aromatic heterocycles. The predicted molar refractivity (Wildman–Crippen MR) is 103 cm³/mol. The molecule has 146 valence electrons. The molecule has 5 rings (SSSR count). The second kappa shape index (κ2) is 6.92. The molecular formula is C20H23N5O3. The molecule has 3 aromatic rings. The van der Waals surface area contributed by atoms with E-state index in [-0.39, 0.29) is 0 Å². The molecule has 8 heteroatoms. The third-order valence-corrected chi connectivity index (χ3v) is 5.67. The van der Waals surface area contributed by atoms with Crippen molar-refractivity contribution in [2.24, 2.45) is 0 Å². The lowest BCUT2D eigenvalue weighted by atomic mass is 9.96. The number of ether oxygens (including phenoxy) is 2. The van der Waals surface area contributed by atoms with E-state index in [0.717, 1.165) is 54.3 Å². The van der Waals surface area contributed by atoms with E-state index in [2.05, 4.69) is 25.3 Å². The lowest BCUT2D eigenvalue weighted by molar-refractivity contribution is 0.356. The molecule has 0 radical (unpaired) electrons. The van der Waals surface area contributed by atoms with Crippen molar-refractivity contribution in [2.45, 2.75) is 37.5 Å². The molecule has 8 nitrogen and oxygen atoms in total. The second-order valence-corrected chi connectivity index (χ2v) is 7.48. The third-order valence-electron chi connectivity index (χ3n) is 5.67. The van der Waals surface area contributed by atoms with Crippen molar-refractivity contribution in [1.82, 2.24) is 20.4 Å². The number of nitrogens with zero attached hydrogens (tertiary/aromatic N) is 5. The summed E-state index contributed by atoms with van der Waals surface area (Å²) in [4.78, 5) is 2.27. The number of benzene rings is 1. The Morgan fingerprint density at radius 2 is 1.54 bits per heavy atom. The molecule has 1 saturated carbocycles. The standard InChI is InChI=1S/C20H23N5O3/c1-26-16-9-14-11-21-22-18(15(14)10-17(16)27-2)25-7-5-13(6-8-25)20-24-23-19(28-20)12-3-4-12/h9-13H,3-8H2,1-2H3. The van der Waals surface area contributed by atoms with Crippen molar-refractivity contribution < 1.29 is 13.9 Å². The zero-order valence-electron chi connectivity index (χ0n) is 16.1. The van der Waals surface area contributed by atoms with Gasteiger partial charge in [0.25, 0.3) is 0 Å². The number of aromatic nitrogens is 4. The summed E-state index contributed by atoms with van der Waals surface area (Å²) >= 11 is 0. The molecule has 1 aliphatic heterocycles. The minimum atomic E-state index is 0.314. The minimum Gasteiger partial charge on any atom is -0.493 e. The maximum Gasteiger partial charge on any atom is 0.219 e. The number of methoxy groups -OCH3 is 2. The van der Waals surface area contributed by atoms with Crippen molar-refractivity contribution in [3.63, 3.8) is 0 Å². The van der Waals surface area contributed by atoms with Gasteiger partial charge in [0, 0.05) is 35.7 Å². The first-order chi connectivity index (χ1) is 13.8. The summed E-state index contributed by atoms with van der Waals surface area (Å²) in [5.74, 6) is 4.68. The molecule has 1 aromatic carbocycles. The summed E-state index contributed by atoms with van der Waals surface area (Å²) < 4.78 is 16.8. The van der Waals surface area contributed by atoms with E-state index in [1.54, 1.807) is 20.4 Å². The number of hydrogen-bond donors (Lipinski definition) is 0. The number of rotatable bonds is 5. The molecule has 2 aliphatic rings. The molecule has 0 bridgehead atoms. The maximum atomic E-state index is 5.91. The largest absolute Gasteiger partial charge is 0.493 e.